The fourth-order valence-corrected chi connectivity index (χ4v) is 2.60. The quantitative estimate of drug-likeness (QED) is 0.774. The van der Waals surface area contributed by atoms with E-state index in [4.69, 9.17) is 10.3 Å². The van der Waals surface area contributed by atoms with Gasteiger partial charge < -0.3 is 14.8 Å². The molecule has 0 amide bonds. The summed E-state index contributed by atoms with van der Waals surface area (Å²) in [6.45, 7) is 0. The van der Waals surface area contributed by atoms with Crippen molar-refractivity contribution < 1.29 is 4.52 Å². The molecular formula is C15H12BrN3O2. The predicted molar refractivity (Wildman–Crippen MR) is 84.7 cm³/mol. The number of hydrogen-bond acceptors (Lipinski definition) is 4. The Morgan fingerprint density at radius 2 is 2.05 bits per heavy atom. The van der Waals surface area contributed by atoms with E-state index >= 15 is 0 Å². The van der Waals surface area contributed by atoms with Crippen molar-refractivity contribution in [1.82, 2.24) is 9.72 Å². The van der Waals surface area contributed by atoms with Crippen molar-refractivity contribution in [3.8, 4) is 22.5 Å². The summed E-state index contributed by atoms with van der Waals surface area (Å²) >= 11 is 3.49. The van der Waals surface area contributed by atoms with Crippen molar-refractivity contribution in [3.05, 3.63) is 57.4 Å². The Morgan fingerprint density at radius 1 is 1.29 bits per heavy atom. The van der Waals surface area contributed by atoms with Gasteiger partial charge >= 0.3 is 0 Å². The topological polar surface area (TPSA) is 74.1 Å². The van der Waals surface area contributed by atoms with Crippen molar-refractivity contribution >= 4 is 21.7 Å². The first-order valence-electron chi connectivity index (χ1n) is 6.25. The van der Waals surface area contributed by atoms with Crippen LogP contribution in [0, 0.1) is 0 Å². The molecule has 5 nitrogen and oxygen atoms in total. The first kappa shape index (κ1) is 13.6. The zero-order valence-electron chi connectivity index (χ0n) is 11.2. The Balaban J connectivity index is 2.24. The molecule has 21 heavy (non-hydrogen) atoms. The number of anilines is 1. The highest BCUT2D eigenvalue weighted by Gasteiger charge is 2.19. The van der Waals surface area contributed by atoms with Crippen molar-refractivity contribution in [1.29, 1.82) is 0 Å². The van der Waals surface area contributed by atoms with Gasteiger partial charge in [-0.15, -0.1) is 0 Å². The highest BCUT2D eigenvalue weighted by Crippen LogP contribution is 2.39. The SMILES string of the molecule is Cn1ccc(-c2onc(N)c2-c2ccccc2Br)cc1=O. The Hall–Kier alpha value is -2.34. The molecule has 2 aromatic heterocycles. The first-order chi connectivity index (χ1) is 10.1. The monoisotopic (exact) mass is 345 g/mol. The van der Waals surface area contributed by atoms with Crippen LogP contribution in [0.25, 0.3) is 22.5 Å². The van der Waals surface area contributed by atoms with Gasteiger partial charge in [0.1, 0.15) is 0 Å². The van der Waals surface area contributed by atoms with Crippen LogP contribution >= 0.6 is 15.9 Å². The van der Waals surface area contributed by atoms with Crippen LogP contribution in [0.15, 0.2) is 56.4 Å². The second kappa shape index (κ2) is 5.21. The number of pyridine rings is 1. The van der Waals surface area contributed by atoms with Crippen molar-refractivity contribution in [2.75, 3.05) is 5.73 Å². The molecule has 0 aliphatic carbocycles. The minimum atomic E-state index is -0.124. The molecule has 3 aromatic rings. The smallest absolute Gasteiger partial charge is 0.250 e. The van der Waals surface area contributed by atoms with E-state index < -0.39 is 0 Å². The van der Waals surface area contributed by atoms with Gasteiger partial charge in [-0.2, -0.15) is 0 Å². The number of aromatic nitrogens is 2. The van der Waals surface area contributed by atoms with E-state index in [0.717, 1.165) is 10.0 Å². The van der Waals surface area contributed by atoms with Gasteiger partial charge in [0, 0.05) is 34.9 Å². The zero-order chi connectivity index (χ0) is 15.0. The third kappa shape index (κ3) is 2.38. The van der Waals surface area contributed by atoms with Crippen molar-refractivity contribution in [2.24, 2.45) is 7.05 Å². The van der Waals surface area contributed by atoms with Crippen LogP contribution in [0.5, 0.6) is 0 Å². The number of hydrogen-bond donors (Lipinski definition) is 1. The van der Waals surface area contributed by atoms with Crippen LogP contribution in [-0.2, 0) is 7.05 Å². The van der Waals surface area contributed by atoms with E-state index in [9.17, 15) is 4.79 Å². The van der Waals surface area contributed by atoms with Crippen LogP contribution in [-0.4, -0.2) is 9.72 Å². The van der Waals surface area contributed by atoms with Crippen LogP contribution in [0.1, 0.15) is 0 Å². The standard InChI is InChI=1S/C15H12BrN3O2/c1-19-7-6-9(8-12(19)20)14-13(15(17)18-21-14)10-4-2-3-5-11(10)16/h2-8H,1H3,(H2,17,18). The average Bonchev–Trinajstić information content (AvgIpc) is 2.84. The van der Waals surface area contributed by atoms with Gasteiger partial charge in [-0.1, -0.05) is 39.3 Å². The second-order valence-electron chi connectivity index (χ2n) is 4.62. The minimum Gasteiger partial charge on any atom is -0.380 e. The van der Waals surface area contributed by atoms with Crippen molar-refractivity contribution in [3.63, 3.8) is 0 Å². The molecule has 0 radical (unpaired) electrons. The Morgan fingerprint density at radius 3 is 2.76 bits per heavy atom. The van der Waals surface area contributed by atoms with E-state index in [2.05, 4.69) is 21.1 Å². The van der Waals surface area contributed by atoms with Crippen LogP contribution < -0.4 is 11.3 Å². The number of nitrogens with two attached hydrogens (primary N) is 1. The maximum Gasteiger partial charge on any atom is 0.250 e. The number of benzene rings is 1. The Bertz CT molecular complexity index is 867. The lowest BCUT2D eigenvalue weighted by Gasteiger charge is -2.05. The molecule has 6 heteroatoms. The number of aryl methyl sites for hydroxylation is 1. The molecule has 2 N–H and O–H groups in total. The normalized spacial score (nSPS) is 10.8. The summed E-state index contributed by atoms with van der Waals surface area (Å²) in [4.78, 5) is 11.8. The Kier molecular flexibility index (Phi) is 3.39. The van der Waals surface area contributed by atoms with E-state index in [1.165, 1.54) is 10.6 Å². The third-order valence-corrected chi connectivity index (χ3v) is 3.92. The number of halogens is 1. The molecule has 0 fully saturated rings. The highest BCUT2D eigenvalue weighted by atomic mass is 79.9. The molecule has 0 aliphatic rings. The molecule has 0 aliphatic heterocycles. The van der Waals surface area contributed by atoms with Crippen LogP contribution in [0.4, 0.5) is 5.82 Å². The highest BCUT2D eigenvalue weighted by molar-refractivity contribution is 9.10. The molecule has 0 atom stereocenters. The number of nitrogen functional groups attached to an aromatic ring is 1. The van der Waals surface area contributed by atoms with Gasteiger partial charge in [-0.25, -0.2) is 0 Å². The molecule has 0 unspecified atom stereocenters. The Labute approximate surface area is 129 Å². The molecule has 0 spiro atoms. The maximum absolute atomic E-state index is 11.8. The fraction of sp³-hybridized carbons (Fsp3) is 0.0667. The first-order valence-corrected chi connectivity index (χ1v) is 7.04. The summed E-state index contributed by atoms with van der Waals surface area (Å²) in [5, 5.41) is 3.84. The largest absolute Gasteiger partial charge is 0.380 e. The van der Waals surface area contributed by atoms with Crippen LogP contribution in [0.2, 0.25) is 0 Å². The number of nitrogens with zero attached hydrogens (tertiary/aromatic N) is 2. The van der Waals surface area contributed by atoms with Gasteiger partial charge in [0.15, 0.2) is 11.6 Å². The molecule has 0 saturated heterocycles. The summed E-state index contributed by atoms with van der Waals surface area (Å²) in [7, 11) is 1.69. The lowest BCUT2D eigenvalue weighted by molar-refractivity contribution is 0.436. The second-order valence-corrected chi connectivity index (χ2v) is 5.47. The lowest BCUT2D eigenvalue weighted by Crippen LogP contribution is -2.14. The molecular weight excluding hydrogens is 334 g/mol. The number of rotatable bonds is 2. The summed E-state index contributed by atoms with van der Waals surface area (Å²) in [5.74, 6) is 0.773. The summed E-state index contributed by atoms with van der Waals surface area (Å²) in [6.07, 6.45) is 1.68. The lowest BCUT2D eigenvalue weighted by atomic mass is 10.0. The summed E-state index contributed by atoms with van der Waals surface area (Å²) in [5.41, 5.74) is 8.00. The minimum absolute atomic E-state index is 0.124. The van der Waals surface area contributed by atoms with Gasteiger partial charge in [-0.3, -0.25) is 4.79 Å². The molecule has 2 heterocycles. The summed E-state index contributed by atoms with van der Waals surface area (Å²) < 4.78 is 7.71. The third-order valence-electron chi connectivity index (χ3n) is 3.23. The molecule has 3 rings (SSSR count). The van der Waals surface area contributed by atoms with Gasteiger partial charge in [0.05, 0.1) is 5.56 Å². The zero-order valence-corrected chi connectivity index (χ0v) is 12.8. The van der Waals surface area contributed by atoms with E-state index in [1.54, 1.807) is 19.3 Å². The van der Waals surface area contributed by atoms with Crippen LogP contribution in [0.3, 0.4) is 0 Å². The van der Waals surface area contributed by atoms with E-state index in [0.29, 0.717) is 16.9 Å². The van der Waals surface area contributed by atoms with E-state index in [-0.39, 0.29) is 11.4 Å². The fourth-order valence-electron chi connectivity index (χ4n) is 2.11. The van der Waals surface area contributed by atoms with Gasteiger partial charge in [0.2, 0.25) is 0 Å². The predicted octanol–water partition coefficient (Wildman–Crippen LogP) is 3.05. The van der Waals surface area contributed by atoms with Gasteiger partial charge in [-0.05, 0) is 12.1 Å². The van der Waals surface area contributed by atoms with Gasteiger partial charge in [0.25, 0.3) is 5.56 Å². The summed E-state index contributed by atoms with van der Waals surface area (Å²) in [6, 6.07) is 10.9. The van der Waals surface area contributed by atoms with Crippen molar-refractivity contribution in [2.45, 2.75) is 0 Å². The maximum atomic E-state index is 11.8. The van der Waals surface area contributed by atoms with E-state index in [1.807, 2.05) is 24.3 Å². The molecule has 0 saturated carbocycles. The molecule has 1 aromatic carbocycles. The molecule has 106 valence electrons. The molecule has 0 bridgehead atoms. The average molecular weight is 346 g/mol.